The van der Waals surface area contributed by atoms with Crippen LogP contribution in [0.15, 0.2) is 30.5 Å². The van der Waals surface area contributed by atoms with Crippen molar-refractivity contribution in [1.82, 2.24) is 20.9 Å². The number of aliphatic hydroxyl groups is 1. The van der Waals surface area contributed by atoms with Gasteiger partial charge < -0.3 is 36.9 Å². The average Bonchev–Trinajstić information content (AvgIpc) is 3.21. The number of carbonyl (C=O) groups excluding carboxylic acids is 3. The van der Waals surface area contributed by atoms with Gasteiger partial charge in [0.05, 0.1) is 12.1 Å². The van der Waals surface area contributed by atoms with E-state index in [9.17, 15) is 29.4 Å². The van der Waals surface area contributed by atoms with E-state index in [0.29, 0.717) is 5.75 Å². The number of carboxylic acids is 1. The van der Waals surface area contributed by atoms with Crippen LogP contribution >= 0.6 is 11.8 Å². The van der Waals surface area contributed by atoms with Crippen molar-refractivity contribution in [1.29, 1.82) is 0 Å². The molecule has 0 aliphatic rings. The Hall–Kier alpha value is -3.09. The highest BCUT2D eigenvalue weighted by Crippen LogP contribution is 2.18. The second-order valence-corrected chi connectivity index (χ2v) is 9.29. The van der Waals surface area contributed by atoms with Crippen molar-refractivity contribution in [2.24, 2.45) is 5.73 Å². The van der Waals surface area contributed by atoms with Crippen LogP contribution in [0.5, 0.6) is 0 Å². The number of aliphatic hydroxyl groups excluding tert-OH is 1. The molecule has 2 aromatic rings. The summed E-state index contributed by atoms with van der Waals surface area (Å²) >= 11 is 1.45. The zero-order valence-electron chi connectivity index (χ0n) is 19.9. The Morgan fingerprint density at radius 3 is 2.37 bits per heavy atom. The summed E-state index contributed by atoms with van der Waals surface area (Å²) in [6.07, 6.45) is 2.74. The van der Waals surface area contributed by atoms with Gasteiger partial charge in [-0.2, -0.15) is 11.8 Å². The van der Waals surface area contributed by atoms with Crippen LogP contribution in [0.3, 0.4) is 0 Å². The lowest BCUT2D eigenvalue weighted by molar-refractivity contribution is -0.142. The highest BCUT2D eigenvalue weighted by molar-refractivity contribution is 7.98. The first-order valence-electron chi connectivity index (χ1n) is 11.2. The van der Waals surface area contributed by atoms with Crippen molar-refractivity contribution >= 4 is 46.4 Å². The number of rotatable bonds is 13. The first-order valence-corrected chi connectivity index (χ1v) is 12.6. The van der Waals surface area contributed by atoms with Crippen molar-refractivity contribution in [2.45, 2.75) is 57.0 Å². The number of carbonyl (C=O) groups is 4. The molecule has 11 nitrogen and oxygen atoms in total. The monoisotopic (exact) mass is 507 g/mol. The Morgan fingerprint density at radius 2 is 1.74 bits per heavy atom. The summed E-state index contributed by atoms with van der Waals surface area (Å²) in [4.78, 5) is 52.2. The van der Waals surface area contributed by atoms with Crippen LogP contribution in [-0.2, 0) is 25.6 Å². The topological polar surface area (TPSA) is 187 Å². The molecule has 8 N–H and O–H groups in total. The highest BCUT2D eigenvalue weighted by atomic mass is 32.2. The van der Waals surface area contributed by atoms with E-state index in [2.05, 4.69) is 20.9 Å². The molecular weight excluding hydrogens is 474 g/mol. The minimum Gasteiger partial charge on any atom is -0.480 e. The fourth-order valence-corrected chi connectivity index (χ4v) is 3.93. The molecule has 12 heteroatoms. The van der Waals surface area contributed by atoms with Gasteiger partial charge in [0.1, 0.15) is 18.1 Å². The third kappa shape index (κ3) is 7.98. The number of benzene rings is 1. The molecule has 192 valence electrons. The Morgan fingerprint density at radius 1 is 1.06 bits per heavy atom. The van der Waals surface area contributed by atoms with E-state index in [0.717, 1.165) is 16.5 Å². The van der Waals surface area contributed by atoms with E-state index >= 15 is 0 Å². The standard InChI is InChI=1S/C23H33N5O6S/c1-12(20(30)27-18(23(33)34)8-9-35-3)26-22(32)19(13(2)29)28-21(31)16(24)10-14-11-25-17-7-5-4-6-15(14)17/h4-7,11-13,16,18-19,25,29H,8-10,24H2,1-3H3,(H,26,32)(H,27,30)(H,28,31)(H,33,34). The molecular formula is C23H33N5O6S. The quantitative estimate of drug-likeness (QED) is 0.193. The SMILES string of the molecule is CSCCC(NC(=O)C(C)NC(=O)C(NC(=O)C(N)Cc1c[nH]c2ccccc12)C(C)O)C(=O)O. The lowest BCUT2D eigenvalue weighted by atomic mass is 10.0. The van der Waals surface area contributed by atoms with Gasteiger partial charge in [0.25, 0.3) is 0 Å². The largest absolute Gasteiger partial charge is 0.480 e. The van der Waals surface area contributed by atoms with Gasteiger partial charge in [-0.25, -0.2) is 4.79 Å². The lowest BCUT2D eigenvalue weighted by Gasteiger charge is -2.25. The van der Waals surface area contributed by atoms with Gasteiger partial charge in [-0.3, -0.25) is 14.4 Å². The van der Waals surface area contributed by atoms with E-state index < -0.39 is 54.0 Å². The predicted octanol–water partition coefficient (Wildman–Crippen LogP) is -0.269. The van der Waals surface area contributed by atoms with E-state index in [-0.39, 0.29) is 12.8 Å². The number of aliphatic carboxylic acids is 1. The van der Waals surface area contributed by atoms with Crippen LogP contribution < -0.4 is 21.7 Å². The smallest absolute Gasteiger partial charge is 0.326 e. The second-order valence-electron chi connectivity index (χ2n) is 8.31. The number of thioether (sulfide) groups is 1. The molecule has 0 radical (unpaired) electrons. The number of H-pyrrole nitrogens is 1. The summed E-state index contributed by atoms with van der Waals surface area (Å²) in [6.45, 7) is 2.70. The summed E-state index contributed by atoms with van der Waals surface area (Å²) in [6, 6.07) is 3.01. The molecule has 0 aliphatic carbocycles. The third-order valence-electron chi connectivity index (χ3n) is 5.49. The Balaban J connectivity index is 1.97. The van der Waals surface area contributed by atoms with Gasteiger partial charge in [-0.1, -0.05) is 18.2 Å². The van der Waals surface area contributed by atoms with Gasteiger partial charge in [-0.05, 0) is 50.3 Å². The molecule has 1 aromatic carbocycles. The summed E-state index contributed by atoms with van der Waals surface area (Å²) < 4.78 is 0. The van der Waals surface area contributed by atoms with Crippen molar-refractivity contribution in [3.63, 3.8) is 0 Å². The fraction of sp³-hybridized carbons (Fsp3) is 0.478. The number of amides is 3. The molecule has 5 atom stereocenters. The Kier molecular flexibility index (Phi) is 10.6. The van der Waals surface area contributed by atoms with Gasteiger partial charge >= 0.3 is 5.97 Å². The van der Waals surface area contributed by atoms with Crippen LogP contribution in [0.25, 0.3) is 10.9 Å². The number of hydrogen-bond acceptors (Lipinski definition) is 7. The van der Waals surface area contributed by atoms with Crippen LogP contribution in [0, 0.1) is 0 Å². The molecule has 2 rings (SSSR count). The summed E-state index contributed by atoms with van der Waals surface area (Å²) in [5.74, 6) is -2.78. The second kappa shape index (κ2) is 13.1. The fourth-order valence-electron chi connectivity index (χ4n) is 3.45. The van der Waals surface area contributed by atoms with E-state index in [1.165, 1.54) is 25.6 Å². The van der Waals surface area contributed by atoms with Crippen molar-refractivity contribution in [3.05, 3.63) is 36.0 Å². The normalized spacial score (nSPS) is 15.5. The van der Waals surface area contributed by atoms with Gasteiger partial charge in [0.15, 0.2) is 0 Å². The van der Waals surface area contributed by atoms with Crippen LogP contribution in [0.2, 0.25) is 0 Å². The highest BCUT2D eigenvalue weighted by Gasteiger charge is 2.31. The van der Waals surface area contributed by atoms with Gasteiger partial charge in [-0.15, -0.1) is 0 Å². The molecule has 0 saturated carbocycles. The lowest BCUT2D eigenvalue weighted by Crippen LogP contribution is -2.59. The zero-order chi connectivity index (χ0) is 26.1. The Labute approximate surface area is 207 Å². The van der Waals surface area contributed by atoms with Crippen molar-refractivity contribution in [3.8, 4) is 0 Å². The molecule has 1 heterocycles. The number of carboxylic acid groups (broad SMARTS) is 1. The summed E-state index contributed by atoms with van der Waals surface area (Å²) in [5.41, 5.74) is 7.80. The number of aromatic amines is 1. The Bertz CT molecular complexity index is 1040. The third-order valence-corrected chi connectivity index (χ3v) is 6.14. The molecule has 5 unspecified atom stereocenters. The number of para-hydroxylation sites is 1. The van der Waals surface area contributed by atoms with Crippen LogP contribution in [-0.4, -0.2) is 81.2 Å². The van der Waals surface area contributed by atoms with Crippen molar-refractivity contribution in [2.75, 3.05) is 12.0 Å². The van der Waals surface area contributed by atoms with Gasteiger partial charge in [0, 0.05) is 17.1 Å². The maximum Gasteiger partial charge on any atom is 0.326 e. The molecule has 0 bridgehead atoms. The van der Waals surface area contributed by atoms with Crippen molar-refractivity contribution < 1.29 is 29.4 Å². The van der Waals surface area contributed by atoms with Crippen LogP contribution in [0.1, 0.15) is 25.8 Å². The minimum atomic E-state index is -1.36. The number of nitrogens with one attached hydrogen (secondary N) is 4. The molecule has 0 saturated heterocycles. The van der Waals surface area contributed by atoms with E-state index in [1.54, 1.807) is 6.20 Å². The van der Waals surface area contributed by atoms with Gasteiger partial charge in [0.2, 0.25) is 17.7 Å². The number of aromatic nitrogens is 1. The number of hydrogen-bond donors (Lipinski definition) is 7. The summed E-state index contributed by atoms with van der Waals surface area (Å²) in [5, 5.41) is 27.5. The molecule has 3 amide bonds. The molecule has 0 spiro atoms. The minimum absolute atomic E-state index is 0.204. The number of fused-ring (bicyclic) bond motifs is 1. The van der Waals surface area contributed by atoms with Crippen LogP contribution in [0.4, 0.5) is 0 Å². The molecule has 0 fully saturated rings. The van der Waals surface area contributed by atoms with E-state index in [4.69, 9.17) is 5.73 Å². The molecule has 35 heavy (non-hydrogen) atoms. The first-order chi connectivity index (χ1) is 16.5. The van der Waals surface area contributed by atoms with E-state index in [1.807, 2.05) is 30.5 Å². The number of nitrogens with two attached hydrogens (primary N) is 1. The molecule has 0 aliphatic heterocycles. The maximum absolute atomic E-state index is 12.7. The average molecular weight is 508 g/mol. The summed E-state index contributed by atoms with van der Waals surface area (Å²) in [7, 11) is 0. The predicted molar refractivity (Wildman–Crippen MR) is 134 cm³/mol. The zero-order valence-corrected chi connectivity index (χ0v) is 20.7. The maximum atomic E-state index is 12.7. The first kappa shape index (κ1) is 28.1. The molecule has 1 aromatic heterocycles.